The van der Waals surface area contributed by atoms with E-state index in [1.807, 2.05) is 12.1 Å². The first-order valence-electron chi connectivity index (χ1n) is 5.26. The molecule has 1 aromatic heterocycles. The minimum absolute atomic E-state index is 0.653. The van der Waals surface area contributed by atoms with E-state index in [0.717, 1.165) is 11.7 Å². The van der Waals surface area contributed by atoms with Crippen molar-refractivity contribution in [2.45, 2.75) is 18.9 Å². The van der Waals surface area contributed by atoms with Crippen LogP contribution < -0.4 is 0 Å². The topological polar surface area (TPSA) is 29.3 Å². The zero-order chi connectivity index (χ0) is 9.38. The molecule has 2 aliphatic rings. The maximum Gasteiger partial charge on any atom is 0.159 e. The molecule has 2 saturated heterocycles. The van der Waals surface area contributed by atoms with Crippen LogP contribution in [-0.4, -0.2) is 29.2 Å². The number of nitrogens with zero attached hydrogens (tertiary/aromatic N) is 2. The minimum atomic E-state index is 0.653. The van der Waals surface area contributed by atoms with E-state index in [9.17, 15) is 0 Å². The molecule has 1 unspecified atom stereocenters. The van der Waals surface area contributed by atoms with Crippen LogP contribution in [0.5, 0.6) is 0 Å². The van der Waals surface area contributed by atoms with Gasteiger partial charge < -0.3 is 4.52 Å². The molecule has 3 heteroatoms. The maximum atomic E-state index is 5.03. The number of hydrogen-bond donors (Lipinski definition) is 0. The molecule has 1 aromatic rings. The summed E-state index contributed by atoms with van der Waals surface area (Å²) in [5.74, 6) is 1.74. The van der Waals surface area contributed by atoms with E-state index in [2.05, 4.69) is 16.1 Å². The Balaban J connectivity index is 1.73. The SMILES string of the molecule is C(=C\C1C2CCN1CC2)/c1ccno1. The molecule has 0 N–H and O–H groups in total. The van der Waals surface area contributed by atoms with E-state index in [1.54, 1.807) is 6.20 Å². The second-order valence-corrected chi connectivity index (χ2v) is 4.14. The Bertz CT molecular complexity index is 311. The maximum absolute atomic E-state index is 5.03. The van der Waals surface area contributed by atoms with Crippen molar-refractivity contribution in [2.24, 2.45) is 5.92 Å². The van der Waals surface area contributed by atoms with E-state index < -0.39 is 0 Å². The van der Waals surface area contributed by atoms with E-state index in [4.69, 9.17) is 4.52 Å². The second-order valence-electron chi connectivity index (χ2n) is 4.14. The summed E-state index contributed by atoms with van der Waals surface area (Å²) >= 11 is 0. The highest BCUT2D eigenvalue weighted by atomic mass is 16.5. The summed E-state index contributed by atoms with van der Waals surface area (Å²) in [6.45, 7) is 2.55. The Morgan fingerprint density at radius 2 is 2.29 bits per heavy atom. The lowest BCUT2D eigenvalue weighted by Gasteiger charge is -2.14. The van der Waals surface area contributed by atoms with Crippen molar-refractivity contribution < 1.29 is 4.52 Å². The molecule has 0 saturated carbocycles. The summed E-state index contributed by atoms with van der Waals surface area (Å²) < 4.78 is 5.03. The Morgan fingerprint density at radius 3 is 2.86 bits per heavy atom. The molecule has 3 heterocycles. The molecule has 3 rings (SSSR count). The van der Waals surface area contributed by atoms with Crippen molar-refractivity contribution in [1.82, 2.24) is 10.1 Å². The zero-order valence-electron chi connectivity index (χ0n) is 8.10. The van der Waals surface area contributed by atoms with Crippen LogP contribution >= 0.6 is 0 Å². The van der Waals surface area contributed by atoms with Gasteiger partial charge in [-0.25, -0.2) is 0 Å². The highest BCUT2D eigenvalue weighted by Crippen LogP contribution is 2.35. The molecule has 1 atom stereocenters. The van der Waals surface area contributed by atoms with Crippen LogP contribution in [0, 0.1) is 5.92 Å². The van der Waals surface area contributed by atoms with Gasteiger partial charge in [-0.1, -0.05) is 11.2 Å². The van der Waals surface area contributed by atoms with Crippen LogP contribution in [-0.2, 0) is 0 Å². The second kappa shape index (κ2) is 3.24. The number of fused-ring (bicyclic) bond motifs is 2. The van der Waals surface area contributed by atoms with Gasteiger partial charge in [0, 0.05) is 12.1 Å². The number of rotatable bonds is 2. The summed E-state index contributed by atoms with van der Waals surface area (Å²) in [6, 6.07) is 2.54. The first kappa shape index (κ1) is 8.24. The fourth-order valence-electron chi connectivity index (χ4n) is 2.64. The van der Waals surface area contributed by atoms with Gasteiger partial charge in [0.1, 0.15) is 0 Å². The lowest BCUT2D eigenvalue weighted by molar-refractivity contribution is 0.334. The van der Waals surface area contributed by atoms with Crippen LogP contribution in [0.3, 0.4) is 0 Å². The molecular weight excluding hydrogens is 176 g/mol. The molecular formula is C11H14N2O. The summed E-state index contributed by atoms with van der Waals surface area (Å²) in [5, 5.41) is 3.68. The predicted molar refractivity (Wildman–Crippen MR) is 53.6 cm³/mol. The quantitative estimate of drug-likeness (QED) is 0.712. The van der Waals surface area contributed by atoms with Crippen LogP contribution in [0.15, 0.2) is 22.9 Å². The van der Waals surface area contributed by atoms with Gasteiger partial charge in [-0.3, -0.25) is 4.90 Å². The lowest BCUT2D eigenvalue weighted by atomic mass is 9.99. The largest absolute Gasteiger partial charge is 0.357 e. The number of piperidine rings is 1. The monoisotopic (exact) mass is 190 g/mol. The fourth-order valence-corrected chi connectivity index (χ4v) is 2.64. The van der Waals surface area contributed by atoms with E-state index in [-0.39, 0.29) is 0 Å². The van der Waals surface area contributed by atoms with Crippen molar-refractivity contribution in [2.75, 3.05) is 13.1 Å². The van der Waals surface area contributed by atoms with E-state index in [0.29, 0.717) is 6.04 Å². The van der Waals surface area contributed by atoms with Gasteiger partial charge in [0.05, 0.1) is 6.20 Å². The van der Waals surface area contributed by atoms with Crippen molar-refractivity contribution >= 4 is 6.08 Å². The molecule has 0 amide bonds. The molecule has 0 aliphatic carbocycles. The first-order valence-corrected chi connectivity index (χ1v) is 5.26. The number of hydrogen-bond acceptors (Lipinski definition) is 3. The Labute approximate surface area is 83.4 Å². The molecule has 2 bridgehead atoms. The third-order valence-corrected chi connectivity index (χ3v) is 3.39. The van der Waals surface area contributed by atoms with Gasteiger partial charge >= 0.3 is 0 Å². The average molecular weight is 190 g/mol. The standard InChI is InChI=1S/C11H14N2O/c1(10-3-6-12-14-10)2-11-9-4-7-13(11)8-5-9/h1-3,6,9,11H,4-5,7-8H2/b2-1+. The third kappa shape index (κ3) is 1.28. The molecule has 2 fully saturated rings. The highest BCUT2D eigenvalue weighted by molar-refractivity contribution is 5.43. The minimum Gasteiger partial charge on any atom is -0.357 e. The first-order chi connectivity index (χ1) is 6.93. The van der Waals surface area contributed by atoms with Gasteiger partial charge in [-0.05, 0) is 37.9 Å². The average Bonchev–Trinajstić information content (AvgIpc) is 2.91. The van der Waals surface area contributed by atoms with Gasteiger partial charge in [-0.15, -0.1) is 0 Å². The Hall–Kier alpha value is -1.09. The fraction of sp³-hybridized carbons (Fsp3) is 0.545. The van der Waals surface area contributed by atoms with Crippen molar-refractivity contribution in [3.8, 4) is 0 Å². The highest BCUT2D eigenvalue weighted by Gasteiger charge is 2.37. The molecule has 3 nitrogen and oxygen atoms in total. The summed E-state index contributed by atoms with van der Waals surface area (Å²) in [7, 11) is 0. The zero-order valence-corrected chi connectivity index (χ0v) is 8.10. The summed E-state index contributed by atoms with van der Waals surface area (Å²) in [6.07, 6.45) is 8.74. The molecule has 2 aliphatic heterocycles. The predicted octanol–water partition coefficient (Wildman–Crippen LogP) is 1.78. The Kier molecular flexibility index (Phi) is 1.91. The molecule has 0 radical (unpaired) electrons. The molecule has 14 heavy (non-hydrogen) atoms. The van der Waals surface area contributed by atoms with Crippen molar-refractivity contribution in [1.29, 1.82) is 0 Å². The third-order valence-electron chi connectivity index (χ3n) is 3.39. The molecule has 0 aromatic carbocycles. The van der Waals surface area contributed by atoms with Crippen molar-refractivity contribution in [3.63, 3.8) is 0 Å². The van der Waals surface area contributed by atoms with E-state index in [1.165, 1.54) is 25.9 Å². The van der Waals surface area contributed by atoms with Crippen molar-refractivity contribution in [3.05, 3.63) is 24.1 Å². The van der Waals surface area contributed by atoms with Crippen LogP contribution in [0.1, 0.15) is 18.6 Å². The van der Waals surface area contributed by atoms with E-state index >= 15 is 0 Å². The van der Waals surface area contributed by atoms with Crippen LogP contribution in [0.4, 0.5) is 0 Å². The van der Waals surface area contributed by atoms with Gasteiger partial charge in [0.2, 0.25) is 0 Å². The van der Waals surface area contributed by atoms with Gasteiger partial charge in [0.25, 0.3) is 0 Å². The van der Waals surface area contributed by atoms with Gasteiger partial charge in [0.15, 0.2) is 5.76 Å². The van der Waals surface area contributed by atoms with Gasteiger partial charge in [-0.2, -0.15) is 0 Å². The normalized spacial score (nSPS) is 35.9. The number of aromatic nitrogens is 1. The lowest BCUT2D eigenvalue weighted by Crippen LogP contribution is -2.23. The summed E-state index contributed by atoms with van der Waals surface area (Å²) in [4.78, 5) is 2.55. The smallest absolute Gasteiger partial charge is 0.159 e. The van der Waals surface area contributed by atoms with Crippen LogP contribution in [0.25, 0.3) is 6.08 Å². The molecule has 74 valence electrons. The van der Waals surface area contributed by atoms with Crippen LogP contribution in [0.2, 0.25) is 0 Å². The Morgan fingerprint density at radius 1 is 1.43 bits per heavy atom. The molecule has 0 spiro atoms. The summed E-state index contributed by atoms with van der Waals surface area (Å²) in [5.41, 5.74) is 0.